The third kappa shape index (κ3) is 10.9. The standard InChI is InChI=1S/C49H50N6O9/c56-41-17-15-39(40-16-18-44(58)53-46(40)41)42(57)28-50-27-37-14-13-36(26-52-37)47(59)51-21-24-62-48(60)34-11-9-31(10-12-34)30-63-38-8-4-7-35(25-38)45(33-5-2-1-3-6-33)54-49(61)64-43-29-55-22-19-32(43)20-23-55/h1-18,25-26,32,42-43,45,50,56-57H,19-24,27-30H2,(H,51,59)(H,53,58)(H,54,61)/t42-,43+,45-/m0/s1. The van der Waals surface area contributed by atoms with Gasteiger partial charge in [0.25, 0.3) is 5.91 Å². The minimum absolute atomic E-state index is 0.0355. The lowest BCUT2D eigenvalue weighted by molar-refractivity contribution is -0.0336. The number of carbonyl (C=O) groups excluding carboxylic acids is 3. The number of aromatic amines is 1. The van der Waals surface area contributed by atoms with Gasteiger partial charge in [-0.15, -0.1) is 0 Å². The number of phenols is 1. The number of piperidine rings is 3. The van der Waals surface area contributed by atoms with Gasteiger partial charge >= 0.3 is 12.1 Å². The van der Waals surface area contributed by atoms with Gasteiger partial charge in [0.2, 0.25) is 5.56 Å². The highest BCUT2D eigenvalue weighted by molar-refractivity contribution is 5.94. The summed E-state index contributed by atoms with van der Waals surface area (Å²) in [6.07, 6.45) is 2.08. The smallest absolute Gasteiger partial charge is 0.408 e. The molecule has 3 atom stereocenters. The Morgan fingerprint density at radius 2 is 1.66 bits per heavy atom. The first kappa shape index (κ1) is 43.6. The molecule has 0 aliphatic carbocycles. The molecule has 9 rings (SSSR count). The van der Waals surface area contributed by atoms with Gasteiger partial charge < -0.3 is 45.4 Å². The molecule has 15 heteroatoms. The lowest BCUT2D eigenvalue weighted by atomic mass is 9.86. The Hall–Kier alpha value is -7.07. The molecule has 3 aliphatic rings. The monoisotopic (exact) mass is 866 g/mol. The number of nitrogens with zero attached hydrogens (tertiary/aromatic N) is 2. The lowest BCUT2D eigenvalue weighted by Gasteiger charge is -2.43. The Kier molecular flexibility index (Phi) is 13.9. The molecule has 330 valence electrons. The van der Waals surface area contributed by atoms with Gasteiger partial charge in [-0.3, -0.25) is 19.5 Å². The number of aliphatic hydroxyl groups is 1. The summed E-state index contributed by atoms with van der Waals surface area (Å²) < 4.78 is 17.5. The van der Waals surface area contributed by atoms with E-state index in [1.54, 1.807) is 48.5 Å². The Bertz CT molecular complexity index is 2620. The van der Waals surface area contributed by atoms with Crippen LogP contribution in [-0.2, 0) is 22.6 Å². The Morgan fingerprint density at radius 3 is 2.41 bits per heavy atom. The number of alkyl carbamates (subject to hydrolysis) is 1. The number of aromatic hydroxyl groups is 1. The van der Waals surface area contributed by atoms with Crippen molar-refractivity contribution in [3.63, 3.8) is 0 Å². The van der Waals surface area contributed by atoms with Crippen LogP contribution in [0.3, 0.4) is 0 Å². The molecule has 4 aromatic carbocycles. The second kappa shape index (κ2) is 20.4. The van der Waals surface area contributed by atoms with Crippen molar-refractivity contribution in [2.24, 2.45) is 5.92 Å². The average molecular weight is 867 g/mol. The van der Waals surface area contributed by atoms with E-state index >= 15 is 0 Å². The molecule has 5 heterocycles. The number of pyridine rings is 2. The first-order chi connectivity index (χ1) is 31.2. The van der Waals surface area contributed by atoms with Gasteiger partial charge in [-0.25, -0.2) is 9.59 Å². The van der Waals surface area contributed by atoms with Crippen molar-refractivity contribution in [1.82, 2.24) is 30.8 Å². The minimum Gasteiger partial charge on any atom is -0.506 e. The van der Waals surface area contributed by atoms with Gasteiger partial charge in [-0.2, -0.15) is 0 Å². The molecule has 2 aromatic heterocycles. The highest BCUT2D eigenvalue weighted by Gasteiger charge is 2.37. The van der Waals surface area contributed by atoms with E-state index < -0.39 is 24.2 Å². The number of aromatic nitrogens is 2. The Balaban J connectivity index is 0.758. The maximum Gasteiger partial charge on any atom is 0.408 e. The van der Waals surface area contributed by atoms with Crippen LogP contribution in [0.15, 0.2) is 126 Å². The number of fused-ring (bicyclic) bond motifs is 4. The van der Waals surface area contributed by atoms with E-state index in [1.165, 1.54) is 18.3 Å². The second-order valence-corrected chi connectivity index (χ2v) is 16.0. The van der Waals surface area contributed by atoms with Crippen LogP contribution in [0.2, 0.25) is 0 Å². The van der Waals surface area contributed by atoms with Crippen LogP contribution < -0.4 is 26.2 Å². The van der Waals surface area contributed by atoms with Crippen LogP contribution in [0.4, 0.5) is 4.79 Å². The molecule has 0 radical (unpaired) electrons. The van der Waals surface area contributed by atoms with Crippen molar-refractivity contribution in [1.29, 1.82) is 0 Å². The molecule has 0 saturated carbocycles. The highest BCUT2D eigenvalue weighted by Crippen LogP contribution is 2.31. The molecule has 2 bridgehead atoms. The summed E-state index contributed by atoms with van der Waals surface area (Å²) in [6, 6.07) is 33.1. The zero-order chi connectivity index (χ0) is 44.4. The molecular weight excluding hydrogens is 817 g/mol. The fourth-order valence-electron chi connectivity index (χ4n) is 8.18. The van der Waals surface area contributed by atoms with Crippen molar-refractivity contribution in [3.05, 3.63) is 171 Å². The van der Waals surface area contributed by atoms with Crippen LogP contribution in [0.25, 0.3) is 10.9 Å². The number of benzene rings is 4. The molecule has 2 amide bonds. The van der Waals surface area contributed by atoms with E-state index in [4.69, 9.17) is 14.2 Å². The summed E-state index contributed by atoms with van der Waals surface area (Å²) in [7, 11) is 0. The second-order valence-electron chi connectivity index (χ2n) is 16.0. The summed E-state index contributed by atoms with van der Waals surface area (Å²) in [5.41, 5.74) is 4.38. The van der Waals surface area contributed by atoms with Crippen molar-refractivity contribution in [3.8, 4) is 11.5 Å². The molecule has 3 aliphatic heterocycles. The number of carbonyl (C=O) groups is 3. The number of hydrogen-bond donors (Lipinski definition) is 6. The molecule has 3 fully saturated rings. The third-order valence-electron chi connectivity index (χ3n) is 11.7. The summed E-state index contributed by atoms with van der Waals surface area (Å²) in [4.78, 5) is 59.7. The van der Waals surface area contributed by atoms with Crippen LogP contribution in [0.1, 0.15) is 73.7 Å². The molecule has 0 spiro atoms. The molecule has 6 N–H and O–H groups in total. The normalized spacial score (nSPS) is 17.5. The van der Waals surface area contributed by atoms with Crippen LogP contribution in [0, 0.1) is 5.92 Å². The number of esters is 1. The number of amides is 2. The van der Waals surface area contributed by atoms with E-state index in [0.29, 0.717) is 46.0 Å². The molecule has 64 heavy (non-hydrogen) atoms. The zero-order valence-electron chi connectivity index (χ0n) is 35.1. The SMILES string of the molecule is O=C(N[C@@H](c1ccccc1)c1cccc(OCc2ccc(C(=O)OCCNC(=O)c3ccc(CNC[C@H](O)c4ccc(O)c5[nH]c(=O)ccc45)nc3)cc2)c1)O[C@@H]1CN2CCC1CC2. The number of aliphatic hydroxyl groups excluding tert-OH is 1. The first-order valence-corrected chi connectivity index (χ1v) is 21.4. The number of hydrogen-bond acceptors (Lipinski definition) is 12. The predicted molar refractivity (Wildman–Crippen MR) is 238 cm³/mol. The third-order valence-corrected chi connectivity index (χ3v) is 11.7. The highest BCUT2D eigenvalue weighted by atomic mass is 16.6. The van der Waals surface area contributed by atoms with Crippen molar-refractivity contribution < 1.29 is 38.8 Å². The summed E-state index contributed by atoms with van der Waals surface area (Å²) >= 11 is 0. The molecular formula is C49H50N6O9. The fourth-order valence-corrected chi connectivity index (χ4v) is 8.18. The van der Waals surface area contributed by atoms with E-state index in [9.17, 15) is 29.4 Å². The average Bonchev–Trinajstić information content (AvgIpc) is 3.32. The maximum absolute atomic E-state index is 13.2. The van der Waals surface area contributed by atoms with E-state index in [0.717, 1.165) is 49.2 Å². The van der Waals surface area contributed by atoms with Crippen molar-refractivity contribution in [2.45, 2.75) is 44.2 Å². The predicted octanol–water partition coefficient (Wildman–Crippen LogP) is 5.53. The molecule has 6 aromatic rings. The summed E-state index contributed by atoms with van der Waals surface area (Å²) in [6.45, 7) is 3.71. The maximum atomic E-state index is 13.2. The zero-order valence-corrected chi connectivity index (χ0v) is 35.1. The number of phenolic OH excluding ortho intramolecular Hbond substituents is 1. The number of H-pyrrole nitrogens is 1. The van der Waals surface area contributed by atoms with Crippen LogP contribution in [0.5, 0.6) is 11.5 Å². The van der Waals surface area contributed by atoms with Crippen molar-refractivity contribution >= 4 is 28.9 Å². The fraction of sp³-hybridized carbons (Fsp3) is 0.286. The van der Waals surface area contributed by atoms with Crippen molar-refractivity contribution in [2.75, 3.05) is 39.3 Å². The van der Waals surface area contributed by atoms with Crippen LogP contribution in [-0.4, -0.2) is 88.5 Å². The van der Waals surface area contributed by atoms with Gasteiger partial charge in [0.05, 0.1) is 41.0 Å². The lowest BCUT2D eigenvalue weighted by Crippen LogP contribution is -2.52. The first-order valence-electron chi connectivity index (χ1n) is 21.4. The quantitative estimate of drug-likeness (QED) is 0.0495. The Labute approximate surface area is 369 Å². The number of rotatable bonds is 17. The largest absolute Gasteiger partial charge is 0.506 e. The topological polar surface area (TPSA) is 204 Å². The summed E-state index contributed by atoms with van der Waals surface area (Å²) in [5.74, 6) is 0.0366. The number of ether oxygens (including phenoxy) is 3. The minimum atomic E-state index is -0.925. The number of nitrogens with one attached hydrogen (secondary N) is 4. The molecule has 3 saturated heterocycles. The van der Waals surface area contributed by atoms with Gasteiger partial charge in [-0.1, -0.05) is 60.7 Å². The van der Waals surface area contributed by atoms with E-state index in [2.05, 4.69) is 30.8 Å². The van der Waals surface area contributed by atoms with E-state index in [-0.39, 0.29) is 55.1 Å². The van der Waals surface area contributed by atoms with E-state index in [1.807, 2.05) is 54.6 Å². The molecule has 0 unspecified atom stereocenters. The van der Waals surface area contributed by atoms with Gasteiger partial charge in [-0.05, 0) is 103 Å². The Morgan fingerprint density at radius 1 is 0.875 bits per heavy atom. The van der Waals surface area contributed by atoms with Gasteiger partial charge in [0, 0.05) is 37.3 Å². The van der Waals surface area contributed by atoms with Crippen LogP contribution >= 0.6 is 0 Å². The van der Waals surface area contributed by atoms with Gasteiger partial charge in [0.15, 0.2) is 0 Å². The van der Waals surface area contributed by atoms with Gasteiger partial charge in [0.1, 0.15) is 30.8 Å². The molecule has 15 nitrogen and oxygen atoms in total. The summed E-state index contributed by atoms with van der Waals surface area (Å²) in [5, 5.41) is 30.4.